The van der Waals surface area contributed by atoms with Gasteiger partial charge in [-0.1, -0.05) is 6.07 Å². The molecule has 3 N–H and O–H groups in total. The van der Waals surface area contributed by atoms with Crippen molar-refractivity contribution in [2.45, 2.75) is 63.4 Å². The first kappa shape index (κ1) is 22.5. The number of nitrogens with one attached hydrogen (secondary N) is 3. The summed E-state index contributed by atoms with van der Waals surface area (Å²) < 4.78 is 64.4. The fourth-order valence-corrected chi connectivity index (χ4v) is 3.91. The minimum atomic E-state index is -4.46. The molecule has 1 aromatic carbocycles. The molecule has 0 aromatic heterocycles. The Kier molecular flexibility index (Phi) is 6.65. The first-order valence-corrected chi connectivity index (χ1v) is 10.5. The Labute approximate surface area is 163 Å². The van der Waals surface area contributed by atoms with Crippen LogP contribution >= 0.6 is 0 Å². The molecule has 0 radical (unpaired) electrons. The third-order valence-electron chi connectivity index (χ3n) is 4.75. The number of alkyl halides is 3. The third-order valence-corrected chi connectivity index (χ3v) is 7.00. The third kappa shape index (κ3) is 5.84. The fourth-order valence-electron chi connectivity index (χ4n) is 2.88. The van der Waals surface area contributed by atoms with Crippen molar-refractivity contribution in [3.63, 3.8) is 0 Å². The van der Waals surface area contributed by atoms with Crippen LogP contribution in [0.4, 0.5) is 18.9 Å². The Morgan fingerprint density at radius 2 is 1.68 bits per heavy atom. The summed E-state index contributed by atoms with van der Waals surface area (Å²) in [5.41, 5.74) is 4.28. The maximum Gasteiger partial charge on any atom is 0.416 e. The average molecular weight is 421 g/mol. The minimum Gasteiger partial charge on any atom is -0.299 e. The average Bonchev–Trinajstić information content (AvgIpc) is 2.58. The van der Waals surface area contributed by atoms with Gasteiger partial charge in [0.15, 0.2) is 0 Å². The molecule has 1 saturated carbocycles. The van der Waals surface area contributed by atoms with Gasteiger partial charge in [0.05, 0.1) is 16.0 Å². The van der Waals surface area contributed by atoms with Crippen LogP contribution in [0, 0.1) is 5.92 Å². The molecular formula is C18H26F3N3O3S. The molecule has 28 heavy (non-hydrogen) atoms. The largest absolute Gasteiger partial charge is 0.416 e. The van der Waals surface area contributed by atoms with Gasteiger partial charge in [0, 0.05) is 12.0 Å². The maximum atomic E-state index is 12.7. The van der Waals surface area contributed by atoms with E-state index in [0.29, 0.717) is 25.7 Å². The summed E-state index contributed by atoms with van der Waals surface area (Å²) in [5, 5.41) is 0. The number of anilines is 1. The molecule has 10 heteroatoms. The van der Waals surface area contributed by atoms with Crippen LogP contribution in [-0.2, 0) is 21.0 Å². The molecule has 1 aromatic rings. The number of hydrogen-bond donors (Lipinski definition) is 3. The molecule has 1 amide bonds. The lowest BCUT2D eigenvalue weighted by Gasteiger charge is -2.30. The highest BCUT2D eigenvalue weighted by molar-refractivity contribution is 7.90. The van der Waals surface area contributed by atoms with Gasteiger partial charge < -0.3 is 0 Å². The van der Waals surface area contributed by atoms with Crippen LogP contribution in [-0.4, -0.2) is 25.1 Å². The summed E-state index contributed by atoms with van der Waals surface area (Å²) in [6.07, 6.45) is -2.42. The van der Waals surface area contributed by atoms with E-state index in [4.69, 9.17) is 0 Å². The number of benzene rings is 1. The molecular weight excluding hydrogens is 395 g/mol. The fraction of sp³-hybridized carbons (Fsp3) is 0.611. The van der Waals surface area contributed by atoms with Crippen LogP contribution in [0.25, 0.3) is 0 Å². The predicted molar refractivity (Wildman–Crippen MR) is 101 cm³/mol. The van der Waals surface area contributed by atoms with Crippen LogP contribution in [0.2, 0.25) is 0 Å². The van der Waals surface area contributed by atoms with Crippen LogP contribution in [0.1, 0.15) is 52.0 Å². The first-order chi connectivity index (χ1) is 12.8. The number of hydrazine groups is 1. The Morgan fingerprint density at radius 1 is 1.07 bits per heavy atom. The molecule has 0 spiro atoms. The lowest BCUT2D eigenvalue weighted by atomic mass is 9.86. The Bertz CT molecular complexity index is 796. The summed E-state index contributed by atoms with van der Waals surface area (Å²) >= 11 is 0. The van der Waals surface area contributed by atoms with Crippen molar-refractivity contribution in [1.82, 2.24) is 10.1 Å². The van der Waals surface area contributed by atoms with Crippen molar-refractivity contribution >= 4 is 21.6 Å². The first-order valence-electron chi connectivity index (χ1n) is 9.04. The molecule has 0 heterocycles. The highest BCUT2D eigenvalue weighted by atomic mass is 32.2. The zero-order valence-electron chi connectivity index (χ0n) is 16.1. The van der Waals surface area contributed by atoms with E-state index in [1.807, 2.05) is 0 Å². The second-order valence-electron chi connectivity index (χ2n) is 7.98. The number of amides is 1. The zero-order valence-corrected chi connectivity index (χ0v) is 16.9. The molecule has 1 aliphatic carbocycles. The van der Waals surface area contributed by atoms with Crippen molar-refractivity contribution in [3.05, 3.63) is 29.8 Å². The number of carbonyl (C=O) groups is 1. The number of halogens is 3. The molecule has 0 atom stereocenters. The van der Waals surface area contributed by atoms with Crippen LogP contribution in [0.5, 0.6) is 0 Å². The molecule has 2 rings (SSSR count). The monoisotopic (exact) mass is 421 g/mol. The molecule has 158 valence electrons. The highest BCUT2D eigenvalue weighted by Crippen LogP contribution is 2.30. The minimum absolute atomic E-state index is 0.134. The Balaban J connectivity index is 1.85. The smallest absolute Gasteiger partial charge is 0.299 e. The maximum absolute atomic E-state index is 12.7. The van der Waals surface area contributed by atoms with E-state index < -0.39 is 26.5 Å². The van der Waals surface area contributed by atoms with E-state index >= 15 is 0 Å². The van der Waals surface area contributed by atoms with Crippen molar-refractivity contribution in [2.24, 2.45) is 5.92 Å². The summed E-state index contributed by atoms with van der Waals surface area (Å²) in [6, 6.07) is 4.33. The van der Waals surface area contributed by atoms with Gasteiger partial charge in [0.25, 0.3) is 0 Å². The molecule has 0 bridgehead atoms. The van der Waals surface area contributed by atoms with Crippen LogP contribution < -0.4 is 15.6 Å². The quantitative estimate of drug-likeness (QED) is 0.636. The molecule has 0 unspecified atom stereocenters. The summed E-state index contributed by atoms with van der Waals surface area (Å²) in [5.74, 6) is -0.650. The van der Waals surface area contributed by atoms with Crippen molar-refractivity contribution in [1.29, 1.82) is 0 Å². The molecule has 1 fully saturated rings. The van der Waals surface area contributed by atoms with E-state index in [1.165, 1.54) is 12.1 Å². The molecule has 0 aliphatic heterocycles. The second-order valence-corrected chi connectivity index (χ2v) is 10.4. The van der Waals surface area contributed by atoms with Gasteiger partial charge in [-0.2, -0.15) is 13.2 Å². The zero-order chi connectivity index (χ0) is 21.2. The summed E-state index contributed by atoms with van der Waals surface area (Å²) in [4.78, 5) is 12.3. The Morgan fingerprint density at radius 3 is 2.21 bits per heavy atom. The molecule has 6 nitrogen and oxygen atoms in total. The van der Waals surface area contributed by atoms with Gasteiger partial charge >= 0.3 is 6.18 Å². The Hall–Kier alpha value is -1.81. The van der Waals surface area contributed by atoms with E-state index in [0.717, 1.165) is 12.1 Å². The van der Waals surface area contributed by atoms with E-state index in [-0.39, 0.29) is 23.6 Å². The highest BCUT2D eigenvalue weighted by Gasteiger charge is 2.34. The predicted octanol–water partition coefficient (Wildman–Crippen LogP) is 3.43. The van der Waals surface area contributed by atoms with E-state index in [1.54, 1.807) is 20.8 Å². The number of hydrogen-bond acceptors (Lipinski definition) is 4. The number of rotatable bonds is 5. The molecule has 0 saturated heterocycles. The topological polar surface area (TPSA) is 87.3 Å². The normalized spacial score (nSPS) is 21.2. The van der Waals surface area contributed by atoms with Gasteiger partial charge in [-0.05, 0) is 64.7 Å². The second kappa shape index (κ2) is 8.28. The van der Waals surface area contributed by atoms with Crippen molar-refractivity contribution < 1.29 is 26.4 Å². The standard InChI is InChI=1S/C18H26F3N3O3S/c1-17(2,3)28(26,27)24-14-9-7-12(8-10-14)16(25)23-22-15-6-4-5-13(11-15)18(19,20)21/h4-6,11-12,14,22,24H,7-10H2,1-3H3,(H,23,25). The summed E-state index contributed by atoms with van der Waals surface area (Å²) in [7, 11) is -3.45. The van der Waals surface area contributed by atoms with Crippen molar-refractivity contribution in [3.8, 4) is 0 Å². The van der Waals surface area contributed by atoms with Crippen LogP contribution in [0.15, 0.2) is 24.3 Å². The van der Waals surface area contributed by atoms with E-state index in [9.17, 15) is 26.4 Å². The van der Waals surface area contributed by atoms with Gasteiger partial charge in [0.1, 0.15) is 0 Å². The van der Waals surface area contributed by atoms with Gasteiger partial charge in [0.2, 0.25) is 15.9 Å². The lowest BCUT2D eigenvalue weighted by Crippen LogP contribution is -2.47. The SMILES string of the molecule is CC(C)(C)S(=O)(=O)NC1CCC(C(=O)NNc2cccc(C(F)(F)F)c2)CC1. The molecule has 1 aliphatic rings. The lowest BCUT2D eigenvalue weighted by molar-refractivity contribution is -0.137. The van der Waals surface area contributed by atoms with Crippen LogP contribution in [0.3, 0.4) is 0 Å². The van der Waals surface area contributed by atoms with Gasteiger partial charge in [-0.25, -0.2) is 13.1 Å². The number of sulfonamides is 1. The van der Waals surface area contributed by atoms with E-state index in [2.05, 4.69) is 15.6 Å². The van der Waals surface area contributed by atoms with Gasteiger partial charge in [-0.15, -0.1) is 0 Å². The number of carbonyl (C=O) groups excluding carboxylic acids is 1. The van der Waals surface area contributed by atoms with Crippen molar-refractivity contribution in [2.75, 3.05) is 5.43 Å². The van der Waals surface area contributed by atoms with Gasteiger partial charge in [-0.3, -0.25) is 15.6 Å². The summed E-state index contributed by atoms with van der Waals surface area (Å²) in [6.45, 7) is 4.86.